The minimum Gasteiger partial charge on any atom is -0.477 e. The number of hydrogen-bond donors (Lipinski definition) is 2. The summed E-state index contributed by atoms with van der Waals surface area (Å²) in [5.41, 5.74) is 0.601. The molecule has 0 atom stereocenters. The molecule has 1 heterocycles. The van der Waals surface area contributed by atoms with Gasteiger partial charge in [-0.3, -0.25) is 0 Å². The Labute approximate surface area is 72.8 Å². The lowest BCUT2D eigenvalue weighted by atomic mass is 10.2. The summed E-state index contributed by atoms with van der Waals surface area (Å²) in [6, 6.07) is 1.79. The van der Waals surface area contributed by atoms with Crippen molar-refractivity contribution in [1.82, 2.24) is 0 Å². The third-order valence-corrected chi connectivity index (χ3v) is 2.05. The molecule has 5 heteroatoms. The summed E-state index contributed by atoms with van der Waals surface area (Å²) in [7, 11) is 0. The number of carbonyl (C=O) groups is 1. The van der Waals surface area contributed by atoms with E-state index in [-0.39, 0.29) is 12.1 Å². The molecule has 0 unspecified atom stereocenters. The molecular formula is C7H7NO3S. The third kappa shape index (κ3) is 2.06. The molecule has 0 saturated carbocycles. The van der Waals surface area contributed by atoms with Crippen LogP contribution >= 0.6 is 11.3 Å². The molecule has 0 amide bonds. The van der Waals surface area contributed by atoms with Crippen LogP contribution in [-0.2, 0) is 11.2 Å². The number of hydrogen-bond acceptors (Lipinski definition) is 4. The highest BCUT2D eigenvalue weighted by atomic mass is 32.1. The Hall–Kier alpha value is -1.36. The molecule has 64 valence electrons. The fourth-order valence-electron chi connectivity index (χ4n) is 0.740. The van der Waals surface area contributed by atoms with Crippen molar-refractivity contribution in [2.45, 2.75) is 6.42 Å². The van der Waals surface area contributed by atoms with E-state index in [0.717, 1.165) is 5.56 Å². The monoisotopic (exact) mass is 185 g/mol. The zero-order valence-corrected chi connectivity index (χ0v) is 6.91. The number of nitrogens with zero attached hydrogens (tertiary/aromatic N) is 1. The van der Waals surface area contributed by atoms with Crippen LogP contribution < -0.4 is 0 Å². The van der Waals surface area contributed by atoms with Gasteiger partial charge in [-0.05, 0) is 22.4 Å². The van der Waals surface area contributed by atoms with E-state index >= 15 is 0 Å². The Balaban J connectivity index is 2.68. The van der Waals surface area contributed by atoms with Crippen LogP contribution in [0.25, 0.3) is 0 Å². The van der Waals surface area contributed by atoms with Crippen LogP contribution in [-0.4, -0.2) is 22.0 Å². The largest absolute Gasteiger partial charge is 0.477 e. The number of oxime groups is 1. The van der Waals surface area contributed by atoms with Crippen molar-refractivity contribution in [1.29, 1.82) is 0 Å². The summed E-state index contributed by atoms with van der Waals surface area (Å²) in [5, 5.41) is 23.1. The van der Waals surface area contributed by atoms with Crippen LogP contribution in [0.4, 0.5) is 0 Å². The maximum Gasteiger partial charge on any atom is 0.354 e. The fraction of sp³-hybridized carbons (Fsp3) is 0.143. The van der Waals surface area contributed by atoms with Crippen molar-refractivity contribution >= 4 is 23.0 Å². The number of thiophene rings is 1. The molecule has 0 radical (unpaired) electrons. The molecule has 4 nitrogen and oxygen atoms in total. The van der Waals surface area contributed by atoms with E-state index in [1.54, 1.807) is 6.07 Å². The molecule has 1 aromatic heterocycles. The van der Waals surface area contributed by atoms with Gasteiger partial charge >= 0.3 is 5.97 Å². The molecule has 0 aliphatic rings. The van der Waals surface area contributed by atoms with Gasteiger partial charge in [0.2, 0.25) is 0 Å². The first kappa shape index (κ1) is 8.73. The minimum absolute atomic E-state index is 0.162. The van der Waals surface area contributed by atoms with Crippen molar-refractivity contribution in [2.75, 3.05) is 0 Å². The van der Waals surface area contributed by atoms with Gasteiger partial charge in [0.15, 0.2) is 5.71 Å². The first-order valence-electron chi connectivity index (χ1n) is 3.19. The predicted molar refractivity (Wildman–Crippen MR) is 44.9 cm³/mol. The molecule has 0 aromatic carbocycles. The SMILES string of the molecule is O=C(O)/C(Cc1ccsc1)=N/O. The highest BCUT2D eigenvalue weighted by Crippen LogP contribution is 2.07. The summed E-state index contributed by atoms with van der Waals surface area (Å²) in [4.78, 5) is 10.4. The molecule has 0 bridgehead atoms. The van der Waals surface area contributed by atoms with Crippen molar-refractivity contribution in [3.05, 3.63) is 22.4 Å². The number of carboxylic acid groups (broad SMARTS) is 1. The second kappa shape index (κ2) is 3.87. The summed E-state index contributed by atoms with van der Waals surface area (Å²) in [5.74, 6) is -1.19. The van der Waals surface area contributed by atoms with Crippen molar-refractivity contribution in [3.63, 3.8) is 0 Å². The average molecular weight is 185 g/mol. The molecule has 1 rings (SSSR count). The topological polar surface area (TPSA) is 69.9 Å². The Morgan fingerprint density at radius 3 is 2.83 bits per heavy atom. The Morgan fingerprint density at radius 1 is 1.67 bits per heavy atom. The van der Waals surface area contributed by atoms with E-state index in [1.807, 2.05) is 10.8 Å². The Bertz CT molecular complexity index is 292. The van der Waals surface area contributed by atoms with E-state index in [1.165, 1.54) is 11.3 Å². The molecule has 1 aromatic rings. The van der Waals surface area contributed by atoms with Crippen LogP contribution in [0.15, 0.2) is 22.0 Å². The van der Waals surface area contributed by atoms with Gasteiger partial charge in [0.1, 0.15) is 0 Å². The highest BCUT2D eigenvalue weighted by Gasteiger charge is 2.10. The van der Waals surface area contributed by atoms with E-state index in [0.29, 0.717) is 0 Å². The number of carboxylic acids is 1. The molecular weight excluding hydrogens is 178 g/mol. The lowest BCUT2D eigenvalue weighted by Crippen LogP contribution is -2.15. The summed E-state index contributed by atoms with van der Waals surface area (Å²) < 4.78 is 0. The second-order valence-corrected chi connectivity index (χ2v) is 2.94. The first-order chi connectivity index (χ1) is 5.74. The molecule has 0 aliphatic heterocycles. The van der Waals surface area contributed by atoms with Crippen LogP contribution in [0.3, 0.4) is 0 Å². The van der Waals surface area contributed by atoms with Crippen molar-refractivity contribution in [2.24, 2.45) is 5.16 Å². The van der Waals surface area contributed by atoms with Gasteiger partial charge in [0.05, 0.1) is 0 Å². The maximum absolute atomic E-state index is 10.4. The van der Waals surface area contributed by atoms with Gasteiger partial charge in [0.25, 0.3) is 0 Å². The summed E-state index contributed by atoms with van der Waals surface area (Å²) in [6.07, 6.45) is 0.162. The Morgan fingerprint density at radius 2 is 2.42 bits per heavy atom. The van der Waals surface area contributed by atoms with E-state index < -0.39 is 5.97 Å². The quantitative estimate of drug-likeness (QED) is 0.422. The van der Waals surface area contributed by atoms with Gasteiger partial charge < -0.3 is 10.3 Å². The minimum atomic E-state index is -1.19. The Kier molecular flexibility index (Phi) is 2.82. The van der Waals surface area contributed by atoms with E-state index in [9.17, 15) is 4.79 Å². The van der Waals surface area contributed by atoms with Gasteiger partial charge in [-0.15, -0.1) is 0 Å². The van der Waals surface area contributed by atoms with Crippen molar-refractivity contribution < 1.29 is 15.1 Å². The number of rotatable bonds is 3. The molecule has 12 heavy (non-hydrogen) atoms. The molecule has 0 spiro atoms. The highest BCUT2D eigenvalue weighted by molar-refractivity contribution is 7.08. The van der Waals surface area contributed by atoms with Gasteiger partial charge in [-0.25, -0.2) is 4.79 Å². The molecule has 0 saturated heterocycles. The van der Waals surface area contributed by atoms with E-state index in [2.05, 4.69) is 5.16 Å². The second-order valence-electron chi connectivity index (χ2n) is 2.16. The zero-order chi connectivity index (χ0) is 8.97. The predicted octanol–water partition coefficient (Wildman–Crippen LogP) is 1.21. The first-order valence-corrected chi connectivity index (χ1v) is 4.13. The number of aliphatic carboxylic acids is 1. The summed E-state index contributed by atoms with van der Waals surface area (Å²) in [6.45, 7) is 0. The van der Waals surface area contributed by atoms with Gasteiger partial charge in [-0.2, -0.15) is 11.3 Å². The van der Waals surface area contributed by atoms with Crippen LogP contribution in [0, 0.1) is 0 Å². The van der Waals surface area contributed by atoms with Crippen LogP contribution in [0.1, 0.15) is 5.56 Å². The summed E-state index contributed by atoms with van der Waals surface area (Å²) >= 11 is 1.47. The lowest BCUT2D eigenvalue weighted by molar-refractivity contribution is -0.129. The van der Waals surface area contributed by atoms with Crippen LogP contribution in [0.5, 0.6) is 0 Å². The van der Waals surface area contributed by atoms with Crippen molar-refractivity contribution in [3.8, 4) is 0 Å². The third-order valence-electron chi connectivity index (χ3n) is 1.32. The van der Waals surface area contributed by atoms with E-state index in [4.69, 9.17) is 10.3 Å². The smallest absolute Gasteiger partial charge is 0.354 e. The lowest BCUT2D eigenvalue weighted by Gasteiger charge is -1.94. The maximum atomic E-state index is 10.4. The molecule has 2 N–H and O–H groups in total. The molecule has 0 fully saturated rings. The fourth-order valence-corrected chi connectivity index (χ4v) is 1.41. The zero-order valence-electron chi connectivity index (χ0n) is 6.10. The molecule has 0 aliphatic carbocycles. The average Bonchev–Trinajstić information content (AvgIpc) is 2.51. The van der Waals surface area contributed by atoms with Crippen LogP contribution in [0.2, 0.25) is 0 Å². The van der Waals surface area contributed by atoms with Gasteiger partial charge in [0, 0.05) is 6.42 Å². The normalized spacial score (nSPS) is 11.5. The van der Waals surface area contributed by atoms with Gasteiger partial charge in [-0.1, -0.05) is 5.16 Å². The standard InChI is InChI=1S/C7H7NO3S/c9-7(10)6(8-11)3-5-1-2-12-4-5/h1-2,4,11H,3H2,(H,9,10)/b8-6+.